The Morgan fingerprint density at radius 2 is 1.97 bits per heavy atom. The second-order valence-electron chi connectivity index (χ2n) is 7.21. The number of hydrogen-bond acceptors (Lipinski definition) is 6. The normalized spacial score (nSPS) is 17.6. The number of anilines is 1. The van der Waals surface area contributed by atoms with Crippen LogP contribution in [-0.4, -0.2) is 36.2 Å². The molecule has 1 aliphatic heterocycles. The molecule has 31 heavy (non-hydrogen) atoms. The highest BCUT2D eigenvalue weighted by Crippen LogP contribution is 2.39. The number of piperidine rings is 1. The number of carbonyl (C=O) groups is 1. The van der Waals surface area contributed by atoms with Crippen LogP contribution in [-0.2, 0) is 10.0 Å². The highest BCUT2D eigenvalue weighted by Gasteiger charge is 2.31. The van der Waals surface area contributed by atoms with Crippen LogP contribution < -0.4 is 5.32 Å². The Balaban J connectivity index is 1.47. The molecule has 11 heteroatoms. The van der Waals surface area contributed by atoms with E-state index in [1.165, 1.54) is 46.9 Å². The molecule has 0 bridgehead atoms. The van der Waals surface area contributed by atoms with Gasteiger partial charge >= 0.3 is 0 Å². The first-order valence-electron chi connectivity index (χ1n) is 9.59. The Hall–Kier alpha value is -1.49. The van der Waals surface area contributed by atoms with Gasteiger partial charge in [0.05, 0.1) is 14.9 Å². The summed E-state index contributed by atoms with van der Waals surface area (Å²) in [5.41, 5.74) is 1.69. The Labute approximate surface area is 198 Å². The number of sulfonamides is 1. The molecule has 0 aliphatic carbocycles. The van der Waals surface area contributed by atoms with Gasteiger partial charge in [0.15, 0.2) is 5.13 Å². The van der Waals surface area contributed by atoms with Crippen LogP contribution in [0.3, 0.4) is 0 Å². The molecule has 1 saturated heterocycles. The zero-order valence-corrected chi connectivity index (χ0v) is 20.4. The number of amides is 1. The van der Waals surface area contributed by atoms with Crippen LogP contribution in [0.4, 0.5) is 5.13 Å². The number of thiophene rings is 1. The zero-order chi connectivity index (χ0) is 22.2. The number of nitrogens with one attached hydrogen (secondary N) is 1. The van der Waals surface area contributed by atoms with Crippen molar-refractivity contribution < 1.29 is 13.2 Å². The Morgan fingerprint density at radius 1 is 1.23 bits per heavy atom. The van der Waals surface area contributed by atoms with Crippen molar-refractivity contribution in [3.8, 4) is 11.3 Å². The Morgan fingerprint density at radius 3 is 2.61 bits per heavy atom. The fourth-order valence-electron chi connectivity index (χ4n) is 3.48. The second-order valence-corrected chi connectivity index (χ2v) is 12.2. The average Bonchev–Trinajstić information content (AvgIpc) is 3.33. The summed E-state index contributed by atoms with van der Waals surface area (Å²) in [7, 11) is -3.57. The van der Waals surface area contributed by atoms with E-state index in [9.17, 15) is 13.2 Å². The van der Waals surface area contributed by atoms with Crippen LogP contribution in [0.1, 0.15) is 36.5 Å². The third-order valence-corrected chi connectivity index (χ3v) is 9.40. The van der Waals surface area contributed by atoms with Crippen molar-refractivity contribution in [3.63, 3.8) is 0 Å². The van der Waals surface area contributed by atoms with Crippen LogP contribution in [0, 0.1) is 0 Å². The first-order chi connectivity index (χ1) is 14.8. The lowest BCUT2D eigenvalue weighted by atomic mass is 10.1. The van der Waals surface area contributed by atoms with E-state index < -0.39 is 10.0 Å². The second kappa shape index (κ2) is 9.17. The highest BCUT2D eigenvalue weighted by molar-refractivity contribution is 7.89. The van der Waals surface area contributed by atoms with Crippen LogP contribution in [0.25, 0.3) is 11.3 Å². The minimum atomic E-state index is -3.57. The lowest BCUT2D eigenvalue weighted by Gasteiger charge is -2.32. The molecule has 0 spiro atoms. The molecule has 164 valence electrons. The quantitative estimate of drug-likeness (QED) is 0.452. The number of halogens is 2. The molecule has 0 saturated carbocycles. The summed E-state index contributed by atoms with van der Waals surface area (Å²) in [5, 5.41) is 4.94. The standard InChI is InChI=1S/C20H19Cl2N3O3S3/c1-12-4-2-3-9-25(12)31(27,28)14-7-5-13(6-8-14)19(26)24-20-23-16(11-29-20)15-10-17(21)30-18(15)22/h5-8,10-12H,2-4,9H2,1H3,(H,23,24,26). The smallest absolute Gasteiger partial charge is 0.257 e. The van der Waals surface area contributed by atoms with Gasteiger partial charge in [-0.15, -0.1) is 22.7 Å². The zero-order valence-electron chi connectivity index (χ0n) is 16.5. The van der Waals surface area contributed by atoms with E-state index in [0.29, 0.717) is 31.6 Å². The fraction of sp³-hybridized carbons (Fsp3) is 0.300. The number of nitrogens with zero attached hydrogens (tertiary/aromatic N) is 2. The maximum atomic E-state index is 12.9. The molecule has 3 aromatic rings. The molecule has 1 atom stereocenters. The predicted octanol–water partition coefficient (Wildman–Crippen LogP) is 5.99. The van der Waals surface area contributed by atoms with E-state index in [0.717, 1.165) is 24.8 Å². The van der Waals surface area contributed by atoms with Crippen molar-refractivity contribution >= 4 is 66.9 Å². The third-order valence-electron chi connectivity index (χ3n) is 5.12. The molecule has 6 nitrogen and oxygen atoms in total. The van der Waals surface area contributed by atoms with E-state index in [1.54, 1.807) is 15.8 Å². The molecule has 1 N–H and O–H groups in total. The summed E-state index contributed by atoms with van der Waals surface area (Å²) < 4.78 is 28.5. The predicted molar refractivity (Wildman–Crippen MR) is 127 cm³/mol. The molecule has 1 aliphatic rings. The van der Waals surface area contributed by atoms with Gasteiger partial charge in [-0.05, 0) is 50.1 Å². The Bertz CT molecular complexity index is 1210. The van der Waals surface area contributed by atoms with Crippen LogP contribution in [0.15, 0.2) is 40.6 Å². The van der Waals surface area contributed by atoms with Crippen molar-refractivity contribution in [1.82, 2.24) is 9.29 Å². The highest BCUT2D eigenvalue weighted by atomic mass is 35.5. The summed E-state index contributed by atoms with van der Waals surface area (Å²) in [4.78, 5) is 17.2. The topological polar surface area (TPSA) is 79.4 Å². The monoisotopic (exact) mass is 515 g/mol. The third kappa shape index (κ3) is 4.81. The first-order valence-corrected chi connectivity index (χ1v) is 13.5. The van der Waals surface area contributed by atoms with Crippen LogP contribution in [0.2, 0.25) is 8.67 Å². The van der Waals surface area contributed by atoms with Crippen molar-refractivity contribution in [1.29, 1.82) is 0 Å². The molecule has 3 heterocycles. The SMILES string of the molecule is CC1CCCCN1S(=O)(=O)c1ccc(C(=O)Nc2nc(-c3cc(Cl)sc3Cl)cs2)cc1. The van der Waals surface area contributed by atoms with Gasteiger partial charge in [0.25, 0.3) is 5.91 Å². The van der Waals surface area contributed by atoms with Gasteiger partial charge in [-0.2, -0.15) is 4.31 Å². The number of rotatable bonds is 5. The molecule has 1 unspecified atom stereocenters. The number of thiazole rings is 1. The summed E-state index contributed by atoms with van der Waals surface area (Å²) in [5.74, 6) is -0.370. The van der Waals surface area contributed by atoms with Crippen molar-refractivity contribution in [2.24, 2.45) is 0 Å². The Kier molecular flexibility index (Phi) is 6.71. The van der Waals surface area contributed by atoms with E-state index in [-0.39, 0.29) is 16.8 Å². The maximum Gasteiger partial charge on any atom is 0.257 e. The van der Waals surface area contributed by atoms with Gasteiger partial charge in [-0.1, -0.05) is 29.6 Å². The maximum absolute atomic E-state index is 12.9. The molecule has 1 amide bonds. The van der Waals surface area contributed by atoms with Gasteiger partial charge in [-0.3, -0.25) is 10.1 Å². The first kappa shape index (κ1) is 22.7. The number of carbonyl (C=O) groups excluding carboxylic acids is 1. The minimum absolute atomic E-state index is 0.0209. The molecule has 1 fully saturated rings. The van der Waals surface area contributed by atoms with Crippen molar-refractivity contribution in [2.45, 2.75) is 37.1 Å². The number of aromatic nitrogens is 1. The fourth-order valence-corrected chi connectivity index (χ4v) is 7.37. The van der Waals surface area contributed by atoms with Crippen LogP contribution >= 0.6 is 45.9 Å². The lowest BCUT2D eigenvalue weighted by Crippen LogP contribution is -2.41. The molecule has 1 aromatic carbocycles. The molecule has 4 rings (SSSR count). The molecule has 0 radical (unpaired) electrons. The van der Waals surface area contributed by atoms with Gasteiger partial charge in [0, 0.05) is 29.1 Å². The van der Waals surface area contributed by atoms with E-state index in [1.807, 2.05) is 6.92 Å². The van der Waals surface area contributed by atoms with Gasteiger partial charge in [-0.25, -0.2) is 13.4 Å². The van der Waals surface area contributed by atoms with Crippen molar-refractivity contribution in [2.75, 3.05) is 11.9 Å². The summed E-state index contributed by atoms with van der Waals surface area (Å²) in [6.45, 7) is 2.45. The van der Waals surface area contributed by atoms with Gasteiger partial charge in [0.1, 0.15) is 4.34 Å². The van der Waals surface area contributed by atoms with E-state index in [4.69, 9.17) is 23.2 Å². The summed E-state index contributed by atoms with van der Waals surface area (Å²) in [6.07, 6.45) is 2.76. The van der Waals surface area contributed by atoms with E-state index in [2.05, 4.69) is 10.3 Å². The van der Waals surface area contributed by atoms with Gasteiger partial charge in [0.2, 0.25) is 10.0 Å². The lowest BCUT2D eigenvalue weighted by molar-refractivity contribution is 0.102. The average molecular weight is 516 g/mol. The minimum Gasteiger partial charge on any atom is -0.298 e. The number of hydrogen-bond donors (Lipinski definition) is 1. The van der Waals surface area contributed by atoms with Crippen molar-refractivity contribution in [3.05, 3.63) is 49.9 Å². The summed E-state index contributed by atoms with van der Waals surface area (Å²) in [6, 6.07) is 7.70. The molecular weight excluding hydrogens is 497 g/mol. The van der Waals surface area contributed by atoms with Gasteiger partial charge < -0.3 is 0 Å². The molecular formula is C20H19Cl2N3O3S3. The number of benzene rings is 1. The van der Waals surface area contributed by atoms with E-state index >= 15 is 0 Å². The van der Waals surface area contributed by atoms with Crippen LogP contribution in [0.5, 0.6) is 0 Å². The summed E-state index contributed by atoms with van der Waals surface area (Å²) >= 11 is 14.7. The largest absolute Gasteiger partial charge is 0.298 e. The molecule has 2 aromatic heterocycles.